The summed E-state index contributed by atoms with van der Waals surface area (Å²) in [4.78, 5) is 18.9. The minimum atomic E-state index is -0.719. The molecule has 33 heavy (non-hydrogen) atoms. The number of hydrogen-bond acceptors (Lipinski definition) is 5. The number of halogens is 2. The van der Waals surface area contributed by atoms with Crippen LogP contribution < -0.4 is 15.1 Å². The first kappa shape index (κ1) is 23.0. The van der Waals surface area contributed by atoms with Crippen LogP contribution in [0.1, 0.15) is 19.4 Å². The Kier molecular flexibility index (Phi) is 6.56. The summed E-state index contributed by atoms with van der Waals surface area (Å²) in [6.07, 6.45) is 0. The van der Waals surface area contributed by atoms with Crippen molar-refractivity contribution in [2.75, 3.05) is 61.4 Å². The number of aliphatic hydroxyl groups excluding tert-OH is 1. The predicted molar refractivity (Wildman–Crippen MR) is 128 cm³/mol. The quantitative estimate of drug-likeness (QED) is 0.710. The monoisotopic (exact) mass is 456 g/mol. The van der Waals surface area contributed by atoms with Crippen LogP contribution in [0.3, 0.4) is 0 Å². The fourth-order valence-electron chi connectivity index (χ4n) is 4.42. The van der Waals surface area contributed by atoms with Gasteiger partial charge in [0.2, 0.25) is 0 Å². The second-order valence-electron chi connectivity index (χ2n) is 9.15. The van der Waals surface area contributed by atoms with Gasteiger partial charge in [0.1, 0.15) is 11.4 Å². The van der Waals surface area contributed by atoms with Crippen LogP contribution in [-0.2, 0) is 4.79 Å². The molecule has 2 N–H and O–H groups in total. The average Bonchev–Trinajstić information content (AvgIpc) is 2.76. The van der Waals surface area contributed by atoms with Crippen molar-refractivity contribution < 1.29 is 18.7 Å². The molecule has 176 valence electrons. The number of para-hydroxylation sites is 1. The fourth-order valence-corrected chi connectivity index (χ4v) is 4.42. The van der Waals surface area contributed by atoms with Crippen molar-refractivity contribution in [3.05, 3.63) is 59.2 Å². The largest absolute Gasteiger partial charge is 0.507 e. The third-order valence-electron chi connectivity index (χ3n) is 6.09. The van der Waals surface area contributed by atoms with E-state index in [-0.39, 0.29) is 29.3 Å². The highest BCUT2D eigenvalue weighted by Crippen LogP contribution is 2.34. The number of fused-ring (bicyclic) bond motifs is 1. The van der Waals surface area contributed by atoms with Gasteiger partial charge in [-0.3, -0.25) is 4.79 Å². The van der Waals surface area contributed by atoms with Gasteiger partial charge < -0.3 is 25.1 Å². The maximum absolute atomic E-state index is 14.8. The summed E-state index contributed by atoms with van der Waals surface area (Å²) in [6.45, 7) is 7.56. The Morgan fingerprint density at radius 2 is 1.73 bits per heavy atom. The number of aliphatic hydroxyl groups is 1. The van der Waals surface area contributed by atoms with Gasteiger partial charge in [0.15, 0.2) is 11.6 Å². The molecule has 0 radical (unpaired) electrons. The van der Waals surface area contributed by atoms with E-state index in [0.717, 1.165) is 30.9 Å². The van der Waals surface area contributed by atoms with Crippen molar-refractivity contribution in [3.8, 4) is 0 Å². The summed E-state index contributed by atoms with van der Waals surface area (Å²) in [5, 5.41) is 13.4. The Bertz CT molecular complexity index is 1050. The third kappa shape index (κ3) is 4.80. The summed E-state index contributed by atoms with van der Waals surface area (Å²) in [5.74, 6) is -1.79. The lowest BCUT2D eigenvalue weighted by atomic mass is 9.98. The topological polar surface area (TPSA) is 59.1 Å². The molecule has 1 saturated heterocycles. The minimum Gasteiger partial charge on any atom is -0.507 e. The predicted octanol–water partition coefficient (Wildman–Crippen LogP) is 4.10. The average molecular weight is 457 g/mol. The zero-order valence-electron chi connectivity index (χ0n) is 19.2. The van der Waals surface area contributed by atoms with Crippen LogP contribution in [0.5, 0.6) is 0 Å². The number of likely N-dealkylation sites (N-methyl/N-ethyl adjacent to an activating group) is 1. The second-order valence-corrected chi connectivity index (χ2v) is 9.15. The number of anilines is 3. The SMILES string of the molecule is CC(C)CN1CC(C(=O)Nc2cc(F)c(N3CCN(C)CC3)c(F)c2)=C(O)c2ccccc21. The van der Waals surface area contributed by atoms with Crippen LogP contribution in [0.2, 0.25) is 0 Å². The molecule has 1 fully saturated rings. The normalized spacial score (nSPS) is 16.9. The first-order valence-electron chi connectivity index (χ1n) is 11.2. The number of carbonyl (C=O) groups is 1. The number of carbonyl (C=O) groups excluding carboxylic acids is 1. The summed E-state index contributed by atoms with van der Waals surface area (Å²) >= 11 is 0. The van der Waals surface area contributed by atoms with Gasteiger partial charge in [-0.15, -0.1) is 0 Å². The van der Waals surface area contributed by atoms with Gasteiger partial charge in [0, 0.05) is 49.7 Å². The Balaban J connectivity index is 1.58. The highest BCUT2D eigenvalue weighted by molar-refractivity contribution is 6.10. The van der Waals surface area contributed by atoms with Crippen molar-refractivity contribution in [2.24, 2.45) is 5.92 Å². The lowest BCUT2D eigenvalue weighted by molar-refractivity contribution is -0.112. The summed E-state index contributed by atoms with van der Waals surface area (Å²) in [6, 6.07) is 9.62. The fraction of sp³-hybridized carbons (Fsp3) is 0.400. The Morgan fingerprint density at radius 1 is 1.09 bits per heavy atom. The Labute approximate surface area is 193 Å². The van der Waals surface area contributed by atoms with E-state index in [2.05, 4.69) is 24.1 Å². The van der Waals surface area contributed by atoms with Crippen LogP contribution >= 0.6 is 0 Å². The first-order chi connectivity index (χ1) is 15.7. The number of amides is 1. The molecule has 0 unspecified atom stereocenters. The standard InChI is InChI=1S/C25H30F2N4O2/c1-16(2)14-31-15-19(24(32)18-6-4-5-7-22(18)31)25(33)28-17-12-20(26)23(21(27)13-17)30-10-8-29(3)9-11-30/h4-7,12-13,16,32H,8-11,14-15H2,1-3H3,(H,28,33). The molecule has 2 aromatic rings. The molecule has 8 heteroatoms. The maximum atomic E-state index is 14.8. The molecular weight excluding hydrogens is 426 g/mol. The van der Waals surface area contributed by atoms with Crippen molar-refractivity contribution in [1.82, 2.24) is 4.90 Å². The van der Waals surface area contributed by atoms with Gasteiger partial charge in [-0.25, -0.2) is 8.78 Å². The third-order valence-corrected chi connectivity index (χ3v) is 6.09. The smallest absolute Gasteiger partial charge is 0.257 e. The molecule has 0 aliphatic carbocycles. The van der Waals surface area contributed by atoms with Crippen LogP contribution in [-0.4, -0.2) is 62.2 Å². The minimum absolute atomic E-state index is 0.0162. The number of nitrogens with zero attached hydrogens (tertiary/aromatic N) is 3. The lowest BCUT2D eigenvalue weighted by Crippen LogP contribution is -2.45. The van der Waals surface area contributed by atoms with Crippen molar-refractivity contribution in [3.63, 3.8) is 0 Å². The molecule has 0 aromatic heterocycles. The summed E-state index contributed by atoms with van der Waals surface area (Å²) < 4.78 is 29.7. The molecule has 4 rings (SSSR count). The highest BCUT2D eigenvalue weighted by atomic mass is 19.1. The number of rotatable bonds is 5. The summed E-state index contributed by atoms with van der Waals surface area (Å²) in [7, 11) is 1.97. The Hall–Kier alpha value is -3.13. The van der Waals surface area contributed by atoms with Gasteiger partial charge in [0.25, 0.3) is 5.91 Å². The van der Waals surface area contributed by atoms with E-state index in [1.165, 1.54) is 0 Å². The van der Waals surface area contributed by atoms with Crippen LogP contribution in [0.4, 0.5) is 25.8 Å². The molecule has 0 saturated carbocycles. The van der Waals surface area contributed by atoms with E-state index in [9.17, 15) is 18.7 Å². The number of piperazine rings is 1. The van der Waals surface area contributed by atoms with Crippen molar-refractivity contribution >= 4 is 28.7 Å². The number of hydrogen-bond donors (Lipinski definition) is 2. The number of nitrogens with one attached hydrogen (secondary N) is 1. The van der Waals surface area contributed by atoms with E-state index in [1.54, 1.807) is 17.0 Å². The van der Waals surface area contributed by atoms with Crippen LogP contribution in [0.15, 0.2) is 42.0 Å². The molecule has 2 aromatic carbocycles. The van der Waals surface area contributed by atoms with Crippen LogP contribution in [0, 0.1) is 17.6 Å². The molecule has 2 heterocycles. The Morgan fingerprint density at radius 3 is 2.36 bits per heavy atom. The van der Waals surface area contributed by atoms with E-state index >= 15 is 0 Å². The molecule has 2 aliphatic heterocycles. The van der Waals surface area contributed by atoms with E-state index < -0.39 is 17.5 Å². The molecular formula is C25H30F2N4O2. The van der Waals surface area contributed by atoms with Crippen molar-refractivity contribution in [2.45, 2.75) is 13.8 Å². The van der Waals surface area contributed by atoms with Gasteiger partial charge in [-0.2, -0.15) is 0 Å². The molecule has 2 aliphatic rings. The second kappa shape index (κ2) is 9.39. The zero-order valence-corrected chi connectivity index (χ0v) is 19.2. The first-order valence-corrected chi connectivity index (χ1v) is 11.2. The van der Waals surface area contributed by atoms with Gasteiger partial charge in [-0.1, -0.05) is 26.0 Å². The van der Waals surface area contributed by atoms with Crippen molar-refractivity contribution in [1.29, 1.82) is 0 Å². The molecule has 6 nitrogen and oxygen atoms in total. The van der Waals surface area contributed by atoms with Gasteiger partial charge >= 0.3 is 0 Å². The van der Waals surface area contributed by atoms with Gasteiger partial charge in [-0.05, 0) is 37.2 Å². The van der Waals surface area contributed by atoms with E-state index in [4.69, 9.17) is 0 Å². The maximum Gasteiger partial charge on any atom is 0.257 e. The van der Waals surface area contributed by atoms with Gasteiger partial charge in [0.05, 0.1) is 12.1 Å². The molecule has 0 bridgehead atoms. The zero-order chi connectivity index (χ0) is 23.7. The molecule has 0 atom stereocenters. The molecule has 1 amide bonds. The molecule has 0 spiro atoms. The summed E-state index contributed by atoms with van der Waals surface area (Å²) in [5.41, 5.74) is 1.53. The van der Waals surface area contributed by atoms with E-state index in [1.807, 2.05) is 24.1 Å². The highest BCUT2D eigenvalue weighted by Gasteiger charge is 2.29. The van der Waals surface area contributed by atoms with Crippen LogP contribution in [0.25, 0.3) is 5.76 Å². The number of benzene rings is 2. The van der Waals surface area contributed by atoms with E-state index in [0.29, 0.717) is 31.1 Å². The lowest BCUT2D eigenvalue weighted by Gasteiger charge is -2.34.